The molecule has 3 nitrogen and oxygen atoms in total. The van der Waals surface area contributed by atoms with Gasteiger partial charge in [0.05, 0.1) is 11.3 Å². The van der Waals surface area contributed by atoms with E-state index in [9.17, 15) is 18.0 Å². The number of hydrogen-bond acceptors (Lipinski definition) is 2. The molecule has 21 heavy (non-hydrogen) atoms. The van der Waals surface area contributed by atoms with E-state index in [4.69, 9.17) is 17.3 Å². The van der Waals surface area contributed by atoms with Gasteiger partial charge in [0.15, 0.2) is 0 Å². The summed E-state index contributed by atoms with van der Waals surface area (Å²) in [6.45, 7) is 0.0693. The summed E-state index contributed by atoms with van der Waals surface area (Å²) in [4.78, 5) is 11.0. The molecule has 0 bridgehead atoms. The SMILES string of the molecule is NC(=O)c1cc(NCc2ccc(F)cc2Cl)c(F)cc1F. The first-order chi connectivity index (χ1) is 9.88. The Hall–Kier alpha value is -2.21. The summed E-state index contributed by atoms with van der Waals surface area (Å²) >= 11 is 5.83. The lowest BCUT2D eigenvalue weighted by atomic mass is 10.1. The third-order valence-corrected chi connectivity index (χ3v) is 3.16. The first-order valence-corrected chi connectivity index (χ1v) is 6.23. The molecule has 0 aliphatic rings. The number of halogens is 4. The number of carbonyl (C=O) groups excluding carboxylic acids is 1. The van der Waals surface area contributed by atoms with Crippen molar-refractivity contribution in [2.45, 2.75) is 6.54 Å². The molecule has 0 aromatic heterocycles. The predicted octanol–water partition coefficient (Wildman–Crippen LogP) is 3.47. The van der Waals surface area contributed by atoms with Crippen LogP contribution in [0.1, 0.15) is 15.9 Å². The van der Waals surface area contributed by atoms with Crippen LogP contribution in [0.3, 0.4) is 0 Å². The Balaban J connectivity index is 2.23. The maximum Gasteiger partial charge on any atom is 0.251 e. The summed E-state index contributed by atoms with van der Waals surface area (Å²) in [5.41, 5.74) is 4.97. The van der Waals surface area contributed by atoms with Gasteiger partial charge in [-0.15, -0.1) is 0 Å². The Morgan fingerprint density at radius 2 is 1.86 bits per heavy atom. The number of nitrogens with one attached hydrogen (secondary N) is 1. The molecule has 0 aliphatic heterocycles. The van der Waals surface area contributed by atoms with Crippen LogP contribution in [0, 0.1) is 17.5 Å². The molecule has 7 heteroatoms. The molecule has 2 aromatic carbocycles. The van der Waals surface area contributed by atoms with Crippen molar-refractivity contribution in [3.63, 3.8) is 0 Å². The molecule has 0 unspecified atom stereocenters. The van der Waals surface area contributed by atoms with Crippen molar-refractivity contribution in [2.75, 3.05) is 5.32 Å². The molecular formula is C14H10ClF3N2O. The van der Waals surface area contributed by atoms with Crippen LogP contribution < -0.4 is 11.1 Å². The Kier molecular flexibility index (Phi) is 4.37. The second kappa shape index (κ2) is 6.05. The zero-order valence-corrected chi connectivity index (χ0v) is 11.3. The van der Waals surface area contributed by atoms with Gasteiger partial charge in [0, 0.05) is 17.6 Å². The maximum atomic E-state index is 13.6. The minimum atomic E-state index is -1.04. The molecular weight excluding hydrogens is 305 g/mol. The van der Waals surface area contributed by atoms with Gasteiger partial charge in [0.25, 0.3) is 5.91 Å². The van der Waals surface area contributed by atoms with Crippen LogP contribution in [0.25, 0.3) is 0 Å². The van der Waals surface area contributed by atoms with Gasteiger partial charge in [-0.1, -0.05) is 17.7 Å². The van der Waals surface area contributed by atoms with E-state index in [-0.39, 0.29) is 17.3 Å². The van der Waals surface area contributed by atoms with Crippen LogP contribution in [-0.2, 0) is 6.54 Å². The first-order valence-electron chi connectivity index (χ1n) is 5.85. The summed E-state index contributed by atoms with van der Waals surface area (Å²) in [7, 11) is 0. The number of carbonyl (C=O) groups is 1. The number of benzene rings is 2. The van der Waals surface area contributed by atoms with E-state index < -0.39 is 28.9 Å². The van der Waals surface area contributed by atoms with Gasteiger partial charge >= 0.3 is 0 Å². The molecule has 2 aromatic rings. The van der Waals surface area contributed by atoms with Gasteiger partial charge in [-0.2, -0.15) is 0 Å². The lowest BCUT2D eigenvalue weighted by Crippen LogP contribution is -2.14. The van der Waals surface area contributed by atoms with Gasteiger partial charge in [-0.25, -0.2) is 13.2 Å². The lowest BCUT2D eigenvalue weighted by Gasteiger charge is -2.10. The Morgan fingerprint density at radius 1 is 1.14 bits per heavy atom. The third-order valence-electron chi connectivity index (χ3n) is 2.81. The van der Waals surface area contributed by atoms with Gasteiger partial charge in [0.1, 0.15) is 17.5 Å². The molecule has 0 heterocycles. The van der Waals surface area contributed by atoms with Crippen molar-refractivity contribution < 1.29 is 18.0 Å². The number of nitrogens with two attached hydrogens (primary N) is 1. The second-order valence-corrected chi connectivity index (χ2v) is 4.67. The fraction of sp³-hybridized carbons (Fsp3) is 0.0714. The highest BCUT2D eigenvalue weighted by molar-refractivity contribution is 6.31. The quantitative estimate of drug-likeness (QED) is 0.908. The van der Waals surface area contributed by atoms with Crippen LogP contribution in [-0.4, -0.2) is 5.91 Å². The number of anilines is 1. The van der Waals surface area contributed by atoms with Gasteiger partial charge in [0.2, 0.25) is 0 Å². The van der Waals surface area contributed by atoms with E-state index in [0.717, 1.165) is 12.1 Å². The highest BCUT2D eigenvalue weighted by Gasteiger charge is 2.14. The van der Waals surface area contributed by atoms with Crippen LogP contribution in [0.5, 0.6) is 0 Å². The largest absolute Gasteiger partial charge is 0.379 e. The maximum absolute atomic E-state index is 13.6. The summed E-state index contributed by atoms with van der Waals surface area (Å²) in [6.07, 6.45) is 0. The smallest absolute Gasteiger partial charge is 0.251 e. The number of primary amides is 1. The van der Waals surface area contributed by atoms with Gasteiger partial charge in [-0.05, 0) is 23.8 Å². The van der Waals surface area contributed by atoms with Crippen molar-refractivity contribution in [3.8, 4) is 0 Å². The van der Waals surface area contributed by atoms with E-state index in [2.05, 4.69) is 5.32 Å². The Morgan fingerprint density at radius 3 is 2.48 bits per heavy atom. The van der Waals surface area contributed by atoms with Crippen molar-refractivity contribution in [1.82, 2.24) is 0 Å². The highest BCUT2D eigenvalue weighted by Crippen LogP contribution is 2.22. The first kappa shape index (κ1) is 15.2. The molecule has 3 N–H and O–H groups in total. The van der Waals surface area contributed by atoms with E-state index in [1.165, 1.54) is 12.1 Å². The van der Waals surface area contributed by atoms with E-state index in [0.29, 0.717) is 11.6 Å². The molecule has 0 radical (unpaired) electrons. The average Bonchev–Trinajstić information content (AvgIpc) is 2.39. The van der Waals surface area contributed by atoms with E-state index in [1.54, 1.807) is 0 Å². The molecule has 0 spiro atoms. The fourth-order valence-corrected chi connectivity index (χ4v) is 1.96. The molecule has 0 atom stereocenters. The zero-order valence-electron chi connectivity index (χ0n) is 10.6. The van der Waals surface area contributed by atoms with Crippen LogP contribution in [0.2, 0.25) is 5.02 Å². The fourth-order valence-electron chi connectivity index (χ4n) is 1.73. The molecule has 0 saturated carbocycles. The average molecular weight is 315 g/mol. The Labute approximate surface area is 123 Å². The van der Waals surface area contributed by atoms with Crippen LogP contribution in [0.15, 0.2) is 30.3 Å². The van der Waals surface area contributed by atoms with Gasteiger partial charge in [-0.3, -0.25) is 4.79 Å². The summed E-state index contributed by atoms with van der Waals surface area (Å²) in [5, 5.41) is 2.82. The molecule has 0 saturated heterocycles. The molecule has 0 aliphatic carbocycles. The van der Waals surface area contributed by atoms with Crippen molar-refractivity contribution in [1.29, 1.82) is 0 Å². The zero-order chi connectivity index (χ0) is 15.6. The normalized spacial score (nSPS) is 10.5. The van der Waals surface area contributed by atoms with Crippen LogP contribution in [0.4, 0.5) is 18.9 Å². The Bertz CT molecular complexity index is 707. The standard InChI is InChI=1S/C14H10ClF3N2O/c15-10-3-8(16)2-1-7(10)6-20-13-4-9(14(19)21)11(17)5-12(13)18/h1-5,20H,6H2,(H2,19,21). The van der Waals surface area contributed by atoms with Crippen molar-refractivity contribution in [3.05, 3.63) is 63.9 Å². The molecule has 2 rings (SSSR count). The molecule has 1 amide bonds. The number of amides is 1. The van der Waals surface area contributed by atoms with E-state index in [1.807, 2.05) is 0 Å². The minimum Gasteiger partial charge on any atom is -0.379 e. The van der Waals surface area contributed by atoms with Crippen molar-refractivity contribution in [2.24, 2.45) is 5.73 Å². The van der Waals surface area contributed by atoms with E-state index >= 15 is 0 Å². The number of hydrogen-bond donors (Lipinski definition) is 2. The highest BCUT2D eigenvalue weighted by atomic mass is 35.5. The summed E-state index contributed by atoms with van der Waals surface area (Å²) < 4.78 is 39.8. The predicted molar refractivity (Wildman–Crippen MR) is 73.6 cm³/mol. The lowest BCUT2D eigenvalue weighted by molar-refractivity contribution is 0.0996. The third kappa shape index (κ3) is 3.46. The topological polar surface area (TPSA) is 55.1 Å². The summed E-state index contributed by atoms with van der Waals surface area (Å²) in [5.74, 6) is -3.41. The number of rotatable bonds is 4. The molecule has 110 valence electrons. The summed E-state index contributed by atoms with van der Waals surface area (Å²) in [6, 6.07) is 5.30. The monoisotopic (exact) mass is 314 g/mol. The van der Waals surface area contributed by atoms with Gasteiger partial charge < -0.3 is 11.1 Å². The minimum absolute atomic E-state index is 0.0693. The van der Waals surface area contributed by atoms with Crippen LogP contribution >= 0.6 is 11.6 Å². The molecule has 0 fully saturated rings. The second-order valence-electron chi connectivity index (χ2n) is 4.27. The van der Waals surface area contributed by atoms with Crippen molar-refractivity contribution >= 4 is 23.2 Å².